The number of rotatable bonds is 6. The Hall–Kier alpha value is -1.97. The van der Waals surface area contributed by atoms with Gasteiger partial charge in [-0.3, -0.25) is 14.8 Å². The SMILES string of the molecule is O=[N+]([O-])c1cnn(C[C@H](O)CSc2nc3ccccc3s2)c1. The minimum absolute atomic E-state index is 0.0778. The van der Waals surface area contributed by atoms with E-state index < -0.39 is 11.0 Å². The molecule has 3 rings (SSSR count). The number of nitro groups is 1. The van der Waals surface area contributed by atoms with Crippen LogP contribution in [0.2, 0.25) is 0 Å². The Morgan fingerprint density at radius 3 is 3.00 bits per heavy atom. The van der Waals surface area contributed by atoms with Gasteiger partial charge in [0.2, 0.25) is 0 Å². The summed E-state index contributed by atoms with van der Waals surface area (Å²) in [4.78, 5) is 14.5. The second-order valence-electron chi connectivity index (χ2n) is 4.59. The number of aromatic nitrogens is 3. The topological polar surface area (TPSA) is 94.1 Å². The van der Waals surface area contributed by atoms with Crippen LogP contribution >= 0.6 is 23.1 Å². The van der Waals surface area contributed by atoms with Gasteiger partial charge in [0.25, 0.3) is 0 Å². The van der Waals surface area contributed by atoms with Gasteiger partial charge in [-0.25, -0.2) is 4.98 Å². The van der Waals surface area contributed by atoms with Crippen LogP contribution in [0.1, 0.15) is 0 Å². The van der Waals surface area contributed by atoms with Crippen LogP contribution in [0.15, 0.2) is 41.0 Å². The maximum Gasteiger partial charge on any atom is 0.306 e. The third kappa shape index (κ3) is 3.43. The molecular weight excluding hydrogens is 324 g/mol. The van der Waals surface area contributed by atoms with Crippen molar-refractivity contribution in [3.05, 3.63) is 46.8 Å². The van der Waals surface area contributed by atoms with Crippen LogP contribution in [0.25, 0.3) is 10.2 Å². The molecule has 22 heavy (non-hydrogen) atoms. The van der Waals surface area contributed by atoms with Crippen LogP contribution < -0.4 is 0 Å². The lowest BCUT2D eigenvalue weighted by atomic mass is 10.3. The number of thioether (sulfide) groups is 1. The molecule has 1 atom stereocenters. The molecule has 0 radical (unpaired) electrons. The molecule has 0 bridgehead atoms. The lowest BCUT2D eigenvalue weighted by Crippen LogP contribution is -2.18. The Labute approximate surface area is 133 Å². The lowest BCUT2D eigenvalue weighted by molar-refractivity contribution is -0.385. The molecule has 2 aromatic heterocycles. The fourth-order valence-electron chi connectivity index (χ4n) is 1.90. The van der Waals surface area contributed by atoms with Crippen molar-refractivity contribution in [1.82, 2.24) is 14.8 Å². The minimum Gasteiger partial charge on any atom is -0.390 e. The maximum absolute atomic E-state index is 10.6. The van der Waals surface area contributed by atoms with Crippen molar-refractivity contribution in [1.29, 1.82) is 0 Å². The first-order valence-corrected chi connectivity index (χ1v) is 8.25. The molecule has 0 saturated carbocycles. The highest BCUT2D eigenvalue weighted by Gasteiger charge is 2.13. The van der Waals surface area contributed by atoms with Gasteiger partial charge in [0.05, 0.1) is 27.8 Å². The average molecular weight is 336 g/mol. The zero-order chi connectivity index (χ0) is 15.5. The normalized spacial score (nSPS) is 12.6. The van der Waals surface area contributed by atoms with Gasteiger partial charge >= 0.3 is 5.69 Å². The van der Waals surface area contributed by atoms with E-state index in [1.54, 1.807) is 11.3 Å². The molecule has 0 unspecified atom stereocenters. The van der Waals surface area contributed by atoms with E-state index in [2.05, 4.69) is 10.1 Å². The number of para-hydroxylation sites is 1. The van der Waals surface area contributed by atoms with Gasteiger partial charge in [-0.2, -0.15) is 5.10 Å². The number of hydrogen-bond acceptors (Lipinski definition) is 7. The van der Waals surface area contributed by atoms with Crippen LogP contribution in [-0.2, 0) is 6.54 Å². The first kappa shape index (κ1) is 14.9. The van der Waals surface area contributed by atoms with E-state index in [0.29, 0.717) is 5.75 Å². The van der Waals surface area contributed by atoms with Crippen molar-refractivity contribution in [2.24, 2.45) is 0 Å². The molecule has 0 saturated heterocycles. The predicted octanol–water partition coefficient (Wildman–Crippen LogP) is 2.55. The summed E-state index contributed by atoms with van der Waals surface area (Å²) >= 11 is 3.05. The maximum atomic E-state index is 10.6. The number of benzene rings is 1. The molecule has 1 aromatic carbocycles. The first-order chi connectivity index (χ1) is 10.6. The Kier molecular flexibility index (Phi) is 4.36. The van der Waals surface area contributed by atoms with Crippen molar-refractivity contribution in [2.45, 2.75) is 17.0 Å². The molecule has 3 aromatic rings. The van der Waals surface area contributed by atoms with E-state index in [-0.39, 0.29) is 12.2 Å². The van der Waals surface area contributed by atoms with Gasteiger partial charge in [-0.15, -0.1) is 11.3 Å². The van der Waals surface area contributed by atoms with Gasteiger partial charge in [-0.05, 0) is 12.1 Å². The predicted molar refractivity (Wildman–Crippen MR) is 85.2 cm³/mol. The second kappa shape index (κ2) is 6.42. The third-order valence-corrected chi connectivity index (χ3v) is 5.23. The summed E-state index contributed by atoms with van der Waals surface area (Å²) in [7, 11) is 0. The molecular formula is C13H12N4O3S2. The highest BCUT2D eigenvalue weighted by molar-refractivity contribution is 8.01. The Balaban J connectivity index is 1.57. The number of aliphatic hydroxyl groups is 1. The standard InChI is InChI=1S/C13H12N4O3S2/c18-10(7-16-6-9(5-14-16)17(19)20)8-21-13-15-11-3-1-2-4-12(11)22-13/h1-6,10,18H,7-8H2/t10-/m0/s1. The molecule has 0 spiro atoms. The number of aliphatic hydroxyl groups excluding tert-OH is 1. The molecule has 1 N–H and O–H groups in total. The molecule has 114 valence electrons. The van der Waals surface area contributed by atoms with Crippen molar-refractivity contribution >= 4 is 39.0 Å². The fraction of sp³-hybridized carbons (Fsp3) is 0.231. The van der Waals surface area contributed by atoms with Crippen molar-refractivity contribution in [3.8, 4) is 0 Å². The highest BCUT2D eigenvalue weighted by Crippen LogP contribution is 2.29. The zero-order valence-corrected chi connectivity index (χ0v) is 13.0. The van der Waals surface area contributed by atoms with Crippen LogP contribution in [0.4, 0.5) is 5.69 Å². The summed E-state index contributed by atoms with van der Waals surface area (Å²) in [5, 5.41) is 24.4. The lowest BCUT2D eigenvalue weighted by Gasteiger charge is -2.08. The van der Waals surface area contributed by atoms with Crippen LogP contribution in [0.3, 0.4) is 0 Å². The molecule has 7 nitrogen and oxygen atoms in total. The van der Waals surface area contributed by atoms with E-state index in [1.807, 2.05) is 24.3 Å². The highest BCUT2D eigenvalue weighted by atomic mass is 32.2. The summed E-state index contributed by atoms with van der Waals surface area (Å²) in [5.41, 5.74) is 0.873. The van der Waals surface area contributed by atoms with E-state index in [0.717, 1.165) is 14.6 Å². The minimum atomic E-state index is -0.656. The van der Waals surface area contributed by atoms with Crippen LogP contribution in [-0.4, -0.2) is 36.7 Å². The van der Waals surface area contributed by atoms with Crippen LogP contribution in [0, 0.1) is 10.1 Å². The summed E-state index contributed by atoms with van der Waals surface area (Å²) in [6, 6.07) is 7.87. The molecule has 0 aliphatic carbocycles. The van der Waals surface area contributed by atoms with Crippen molar-refractivity contribution in [2.75, 3.05) is 5.75 Å². The molecule has 0 aliphatic rings. The van der Waals surface area contributed by atoms with Crippen molar-refractivity contribution < 1.29 is 10.0 Å². The summed E-state index contributed by atoms with van der Waals surface area (Å²) in [6.07, 6.45) is 1.83. The summed E-state index contributed by atoms with van der Waals surface area (Å²) in [5.74, 6) is 0.452. The molecule has 0 fully saturated rings. The number of thiazole rings is 1. The Bertz CT molecular complexity index is 768. The first-order valence-electron chi connectivity index (χ1n) is 6.45. The zero-order valence-electron chi connectivity index (χ0n) is 11.3. The largest absolute Gasteiger partial charge is 0.390 e. The van der Waals surface area contributed by atoms with Gasteiger partial charge in [0.15, 0.2) is 4.34 Å². The number of hydrogen-bond donors (Lipinski definition) is 1. The Morgan fingerprint density at radius 2 is 2.27 bits per heavy atom. The molecule has 0 amide bonds. The smallest absolute Gasteiger partial charge is 0.306 e. The van der Waals surface area contributed by atoms with Gasteiger partial charge < -0.3 is 5.11 Å². The number of fused-ring (bicyclic) bond motifs is 1. The third-order valence-electron chi connectivity index (χ3n) is 2.90. The summed E-state index contributed by atoms with van der Waals surface area (Å²) < 4.78 is 3.38. The fourth-order valence-corrected chi connectivity index (χ4v) is 3.91. The van der Waals surface area contributed by atoms with Crippen LogP contribution in [0.5, 0.6) is 0 Å². The van der Waals surface area contributed by atoms with Gasteiger partial charge in [0.1, 0.15) is 12.4 Å². The molecule has 9 heteroatoms. The molecule has 2 heterocycles. The van der Waals surface area contributed by atoms with E-state index in [9.17, 15) is 15.2 Å². The van der Waals surface area contributed by atoms with Gasteiger partial charge in [-0.1, -0.05) is 23.9 Å². The van der Waals surface area contributed by atoms with E-state index in [4.69, 9.17) is 0 Å². The van der Waals surface area contributed by atoms with E-state index in [1.165, 1.54) is 28.8 Å². The van der Waals surface area contributed by atoms with E-state index >= 15 is 0 Å². The average Bonchev–Trinajstić information content (AvgIpc) is 3.11. The molecule has 0 aliphatic heterocycles. The second-order valence-corrected chi connectivity index (χ2v) is 6.89. The van der Waals surface area contributed by atoms with Crippen molar-refractivity contribution in [3.63, 3.8) is 0 Å². The number of nitrogens with zero attached hydrogens (tertiary/aromatic N) is 4. The monoisotopic (exact) mass is 336 g/mol. The summed E-state index contributed by atoms with van der Waals surface area (Å²) in [6.45, 7) is 0.214. The Morgan fingerprint density at radius 1 is 1.45 bits per heavy atom. The quantitative estimate of drug-likeness (QED) is 0.422. The van der Waals surface area contributed by atoms with Gasteiger partial charge in [0, 0.05) is 5.75 Å².